The lowest BCUT2D eigenvalue weighted by Crippen LogP contribution is -2.09. The van der Waals surface area contributed by atoms with Crippen molar-refractivity contribution in [3.63, 3.8) is 0 Å². The minimum Gasteiger partial charge on any atom is -0.321 e. The second-order valence-corrected chi connectivity index (χ2v) is 7.77. The Balaban J connectivity index is 1.56. The smallest absolute Gasteiger partial charge is 0.205 e. The van der Waals surface area contributed by atoms with Crippen LogP contribution in [0.4, 0.5) is 0 Å². The number of tetrazole rings is 1. The first-order valence-electron chi connectivity index (χ1n) is 10.8. The molecule has 0 fully saturated rings. The molecule has 0 aliphatic heterocycles. The van der Waals surface area contributed by atoms with Gasteiger partial charge < -0.3 is 5.73 Å². The lowest BCUT2D eigenvalue weighted by Gasteiger charge is -2.09. The molecule has 2 aromatic heterocycles. The largest absolute Gasteiger partial charge is 0.321 e. The zero-order chi connectivity index (χ0) is 21.6. The van der Waals surface area contributed by atoms with E-state index < -0.39 is 0 Å². The molecule has 1 atom stereocenters. The van der Waals surface area contributed by atoms with E-state index >= 15 is 0 Å². The van der Waals surface area contributed by atoms with Crippen molar-refractivity contribution in [2.24, 2.45) is 5.73 Å². The first-order chi connectivity index (χ1) is 15.2. The number of hydrogen-bond acceptors (Lipinski definition) is 6. The van der Waals surface area contributed by atoms with Gasteiger partial charge in [-0.05, 0) is 35.2 Å². The predicted octanol–water partition coefficient (Wildman–Crippen LogP) is 3.93. The van der Waals surface area contributed by atoms with Crippen LogP contribution in [0.15, 0.2) is 48.5 Å². The maximum atomic E-state index is 6.03. The first kappa shape index (κ1) is 20.9. The standard InChI is InChI=1S/C23H28N8/c1-3-4-5-10-21-25-22(16(2)24)28-31(21)15-17-11-13-18(14-12-17)19-8-6-7-9-20(19)23-26-29-30-27-23/h6-9,11-14,16H,3-5,10,15,24H2,1-2H3,(H,26,27,29,30). The molecule has 8 nitrogen and oxygen atoms in total. The van der Waals surface area contributed by atoms with Crippen molar-refractivity contribution in [2.45, 2.75) is 52.1 Å². The van der Waals surface area contributed by atoms with Crippen molar-refractivity contribution >= 4 is 0 Å². The Kier molecular flexibility index (Phi) is 6.47. The molecule has 0 spiro atoms. The van der Waals surface area contributed by atoms with Gasteiger partial charge in [0.05, 0.1) is 12.6 Å². The van der Waals surface area contributed by atoms with Crippen LogP contribution in [-0.2, 0) is 13.0 Å². The number of benzene rings is 2. The number of H-pyrrole nitrogens is 1. The van der Waals surface area contributed by atoms with E-state index in [4.69, 9.17) is 5.73 Å². The molecular weight excluding hydrogens is 388 g/mol. The number of aromatic amines is 1. The third kappa shape index (κ3) is 4.86. The molecule has 4 aromatic rings. The SMILES string of the molecule is CCCCCc1nc(C(C)N)nn1Cc1ccc(-c2ccccc2-c2nn[nH]n2)cc1. The van der Waals surface area contributed by atoms with Gasteiger partial charge in [0.2, 0.25) is 5.82 Å². The lowest BCUT2D eigenvalue weighted by atomic mass is 9.98. The molecule has 0 aliphatic carbocycles. The molecule has 160 valence electrons. The van der Waals surface area contributed by atoms with Crippen molar-refractivity contribution in [1.82, 2.24) is 35.4 Å². The Morgan fingerprint density at radius 2 is 1.81 bits per heavy atom. The number of rotatable bonds is 9. The van der Waals surface area contributed by atoms with E-state index in [0.717, 1.165) is 35.4 Å². The van der Waals surface area contributed by atoms with Crippen molar-refractivity contribution in [1.29, 1.82) is 0 Å². The number of unbranched alkanes of at least 4 members (excludes halogenated alkanes) is 2. The van der Waals surface area contributed by atoms with Gasteiger partial charge in [0, 0.05) is 12.0 Å². The van der Waals surface area contributed by atoms with Gasteiger partial charge in [-0.2, -0.15) is 10.3 Å². The molecule has 0 bridgehead atoms. The molecule has 8 heteroatoms. The van der Waals surface area contributed by atoms with Gasteiger partial charge in [-0.1, -0.05) is 68.3 Å². The normalized spacial score (nSPS) is 12.2. The highest BCUT2D eigenvalue weighted by molar-refractivity contribution is 5.80. The molecule has 2 heterocycles. The molecule has 0 amide bonds. The van der Waals surface area contributed by atoms with E-state index in [1.807, 2.05) is 29.8 Å². The highest BCUT2D eigenvalue weighted by atomic mass is 15.5. The summed E-state index contributed by atoms with van der Waals surface area (Å²) in [5.41, 5.74) is 10.3. The van der Waals surface area contributed by atoms with Crippen LogP contribution in [0.2, 0.25) is 0 Å². The molecule has 0 radical (unpaired) electrons. The molecule has 1 unspecified atom stereocenters. The molecule has 4 rings (SSSR count). The first-order valence-corrected chi connectivity index (χ1v) is 10.8. The summed E-state index contributed by atoms with van der Waals surface area (Å²) < 4.78 is 2.00. The van der Waals surface area contributed by atoms with Crippen LogP contribution >= 0.6 is 0 Å². The summed E-state index contributed by atoms with van der Waals surface area (Å²) in [6.45, 7) is 4.80. The van der Waals surface area contributed by atoms with Crippen LogP contribution in [-0.4, -0.2) is 35.4 Å². The lowest BCUT2D eigenvalue weighted by molar-refractivity contribution is 0.600. The van der Waals surface area contributed by atoms with Gasteiger partial charge in [0.25, 0.3) is 0 Å². The molecule has 0 saturated heterocycles. The summed E-state index contributed by atoms with van der Waals surface area (Å²) in [7, 11) is 0. The average Bonchev–Trinajstić information content (AvgIpc) is 3.45. The van der Waals surface area contributed by atoms with Crippen LogP contribution in [0, 0.1) is 0 Å². The average molecular weight is 417 g/mol. The van der Waals surface area contributed by atoms with Gasteiger partial charge in [-0.15, -0.1) is 10.2 Å². The van der Waals surface area contributed by atoms with Crippen LogP contribution in [0.5, 0.6) is 0 Å². The summed E-state index contributed by atoms with van der Waals surface area (Å²) in [6.07, 6.45) is 4.40. The fourth-order valence-electron chi connectivity index (χ4n) is 3.60. The van der Waals surface area contributed by atoms with Gasteiger partial charge in [-0.3, -0.25) is 0 Å². The number of nitrogens with two attached hydrogens (primary N) is 1. The zero-order valence-electron chi connectivity index (χ0n) is 18.0. The summed E-state index contributed by atoms with van der Waals surface area (Å²) in [4.78, 5) is 4.69. The van der Waals surface area contributed by atoms with Crippen molar-refractivity contribution in [3.8, 4) is 22.5 Å². The topological polar surface area (TPSA) is 111 Å². The molecular formula is C23H28N8. The number of aryl methyl sites for hydroxylation is 1. The molecule has 2 aromatic carbocycles. The maximum absolute atomic E-state index is 6.03. The van der Waals surface area contributed by atoms with E-state index in [2.05, 4.69) is 68.0 Å². The number of hydrogen-bond donors (Lipinski definition) is 2. The van der Waals surface area contributed by atoms with Crippen LogP contribution < -0.4 is 5.73 Å². The van der Waals surface area contributed by atoms with Crippen LogP contribution in [0.1, 0.15) is 56.4 Å². The minimum absolute atomic E-state index is 0.171. The number of nitrogens with one attached hydrogen (secondary N) is 1. The molecule has 3 N–H and O–H groups in total. The summed E-state index contributed by atoms with van der Waals surface area (Å²) >= 11 is 0. The zero-order valence-corrected chi connectivity index (χ0v) is 18.0. The highest BCUT2D eigenvalue weighted by Crippen LogP contribution is 2.29. The quantitative estimate of drug-likeness (QED) is 0.400. The molecule has 0 aliphatic rings. The Labute approximate surface area is 181 Å². The second kappa shape index (κ2) is 9.61. The van der Waals surface area contributed by atoms with E-state index in [1.165, 1.54) is 18.4 Å². The fraction of sp³-hybridized carbons (Fsp3) is 0.348. The summed E-state index contributed by atoms with van der Waals surface area (Å²) in [6, 6.07) is 16.4. The van der Waals surface area contributed by atoms with Crippen molar-refractivity contribution in [2.75, 3.05) is 0 Å². The van der Waals surface area contributed by atoms with E-state index in [9.17, 15) is 0 Å². The van der Waals surface area contributed by atoms with Gasteiger partial charge in [-0.25, -0.2) is 9.67 Å². The van der Waals surface area contributed by atoms with E-state index in [1.54, 1.807) is 0 Å². The van der Waals surface area contributed by atoms with Gasteiger partial charge in [0.1, 0.15) is 5.82 Å². The minimum atomic E-state index is -0.171. The summed E-state index contributed by atoms with van der Waals surface area (Å²) in [5, 5.41) is 19.1. The predicted molar refractivity (Wildman–Crippen MR) is 120 cm³/mol. The van der Waals surface area contributed by atoms with Crippen LogP contribution in [0.25, 0.3) is 22.5 Å². The highest BCUT2D eigenvalue weighted by Gasteiger charge is 2.14. The molecule has 31 heavy (non-hydrogen) atoms. The fourth-order valence-corrected chi connectivity index (χ4v) is 3.60. The number of nitrogens with zero attached hydrogens (tertiary/aromatic N) is 6. The van der Waals surface area contributed by atoms with E-state index in [-0.39, 0.29) is 6.04 Å². The van der Waals surface area contributed by atoms with Gasteiger partial charge >= 0.3 is 0 Å². The third-order valence-electron chi connectivity index (χ3n) is 5.29. The Morgan fingerprint density at radius 1 is 1.03 bits per heavy atom. The van der Waals surface area contributed by atoms with Crippen LogP contribution in [0.3, 0.4) is 0 Å². The number of aromatic nitrogens is 7. The second-order valence-electron chi connectivity index (χ2n) is 7.77. The Morgan fingerprint density at radius 3 is 2.48 bits per heavy atom. The van der Waals surface area contributed by atoms with Gasteiger partial charge in [0.15, 0.2) is 5.82 Å². The van der Waals surface area contributed by atoms with E-state index in [0.29, 0.717) is 18.2 Å². The van der Waals surface area contributed by atoms with Crippen molar-refractivity contribution < 1.29 is 0 Å². The summed E-state index contributed by atoms with van der Waals surface area (Å²) in [5.74, 6) is 2.30. The Bertz CT molecular complexity index is 1100. The Hall–Kier alpha value is -3.39. The monoisotopic (exact) mass is 416 g/mol. The third-order valence-corrected chi connectivity index (χ3v) is 5.29. The van der Waals surface area contributed by atoms with Crippen molar-refractivity contribution in [3.05, 3.63) is 65.7 Å². The molecule has 0 saturated carbocycles. The maximum Gasteiger partial charge on any atom is 0.205 e.